The predicted octanol–water partition coefficient (Wildman–Crippen LogP) is 2.13. The van der Waals surface area contributed by atoms with E-state index >= 15 is 0 Å². The molecule has 7 heteroatoms. The molecule has 0 saturated heterocycles. The molecule has 0 spiro atoms. The zero-order chi connectivity index (χ0) is 17.2. The maximum atomic E-state index is 12.5. The Bertz CT molecular complexity index is 860. The fraction of sp³-hybridized carbons (Fsp3) is 0.250. The van der Waals surface area contributed by atoms with Crippen molar-refractivity contribution in [3.63, 3.8) is 0 Å². The number of rotatable bonds is 4. The largest absolute Gasteiger partial charge is 0.496 e. The van der Waals surface area contributed by atoms with Crippen molar-refractivity contribution in [1.29, 1.82) is 0 Å². The van der Waals surface area contributed by atoms with Crippen molar-refractivity contribution in [3.05, 3.63) is 52.8 Å². The van der Waals surface area contributed by atoms with Gasteiger partial charge in [-0.15, -0.1) is 0 Å². The third kappa shape index (κ3) is 3.50. The monoisotopic (exact) mass is 334 g/mol. The van der Waals surface area contributed by atoms with Gasteiger partial charge < -0.3 is 4.74 Å². The van der Waals surface area contributed by atoms with Crippen molar-refractivity contribution in [3.8, 4) is 5.75 Å². The Morgan fingerprint density at radius 3 is 2.39 bits per heavy atom. The van der Waals surface area contributed by atoms with Crippen LogP contribution in [-0.2, 0) is 10.0 Å². The smallest absolute Gasteiger partial charge is 0.283 e. The number of hydrogen-bond donors (Lipinski definition) is 1. The van der Waals surface area contributed by atoms with Gasteiger partial charge in [-0.25, -0.2) is 18.1 Å². The number of aryl methyl sites for hydroxylation is 1. The number of pyridine rings is 1. The van der Waals surface area contributed by atoms with Crippen LogP contribution in [0.5, 0.6) is 5.75 Å². The first-order valence-electron chi connectivity index (χ1n) is 6.91. The van der Waals surface area contributed by atoms with E-state index in [0.717, 1.165) is 0 Å². The van der Waals surface area contributed by atoms with Gasteiger partial charge in [0.2, 0.25) is 0 Å². The van der Waals surface area contributed by atoms with Crippen LogP contribution in [0.1, 0.15) is 27.3 Å². The highest BCUT2D eigenvalue weighted by molar-refractivity contribution is 7.90. The number of methoxy groups -OCH3 is 1. The number of carbonyl (C=O) groups is 1. The lowest BCUT2D eigenvalue weighted by molar-refractivity contribution is 0.0976. The predicted molar refractivity (Wildman–Crippen MR) is 86.1 cm³/mol. The molecular weight excluding hydrogens is 316 g/mol. The number of nitrogens with one attached hydrogen (secondary N) is 1. The van der Waals surface area contributed by atoms with Gasteiger partial charge in [-0.2, -0.15) is 0 Å². The summed E-state index contributed by atoms with van der Waals surface area (Å²) in [4.78, 5) is 16.2. The van der Waals surface area contributed by atoms with Gasteiger partial charge in [0.05, 0.1) is 12.0 Å². The fourth-order valence-electron chi connectivity index (χ4n) is 2.18. The molecule has 0 fully saturated rings. The molecule has 1 aromatic carbocycles. The zero-order valence-corrected chi connectivity index (χ0v) is 14.2. The molecule has 6 nitrogen and oxygen atoms in total. The molecule has 0 aliphatic rings. The van der Waals surface area contributed by atoms with E-state index in [1.165, 1.54) is 19.2 Å². The molecule has 0 radical (unpaired) electrons. The van der Waals surface area contributed by atoms with E-state index in [1.54, 1.807) is 39.0 Å². The van der Waals surface area contributed by atoms with Crippen LogP contribution >= 0.6 is 0 Å². The second-order valence-corrected chi connectivity index (χ2v) is 6.77. The van der Waals surface area contributed by atoms with Crippen LogP contribution in [0.15, 0.2) is 35.2 Å². The molecule has 1 amide bonds. The van der Waals surface area contributed by atoms with Crippen LogP contribution in [0, 0.1) is 20.8 Å². The molecule has 0 bridgehead atoms. The molecule has 23 heavy (non-hydrogen) atoms. The first-order valence-corrected chi connectivity index (χ1v) is 8.39. The summed E-state index contributed by atoms with van der Waals surface area (Å²) in [7, 11) is -2.48. The normalized spacial score (nSPS) is 11.1. The van der Waals surface area contributed by atoms with Crippen LogP contribution < -0.4 is 9.46 Å². The minimum Gasteiger partial charge on any atom is -0.496 e. The Kier molecular flexibility index (Phi) is 4.70. The molecule has 2 rings (SSSR count). The second kappa shape index (κ2) is 6.37. The SMILES string of the molecule is COc1ccc(S(=O)(=O)NC(=O)c2cccc(C)n2)c(C)c1C. The minimum atomic E-state index is -3.99. The molecule has 0 unspecified atom stereocenters. The Morgan fingerprint density at radius 1 is 1.09 bits per heavy atom. The van der Waals surface area contributed by atoms with Crippen molar-refractivity contribution in [2.45, 2.75) is 25.7 Å². The molecule has 2 aromatic rings. The molecule has 0 atom stereocenters. The average molecular weight is 334 g/mol. The summed E-state index contributed by atoms with van der Waals surface area (Å²) in [5.41, 5.74) is 1.92. The summed E-state index contributed by atoms with van der Waals surface area (Å²) in [6.45, 7) is 5.15. The van der Waals surface area contributed by atoms with E-state index in [-0.39, 0.29) is 10.6 Å². The van der Waals surface area contributed by atoms with E-state index in [9.17, 15) is 13.2 Å². The van der Waals surface area contributed by atoms with Gasteiger partial charge in [0.1, 0.15) is 11.4 Å². The van der Waals surface area contributed by atoms with Gasteiger partial charge in [-0.05, 0) is 56.2 Å². The lowest BCUT2D eigenvalue weighted by Crippen LogP contribution is -2.31. The van der Waals surface area contributed by atoms with Crippen molar-refractivity contribution < 1.29 is 17.9 Å². The molecule has 0 saturated carbocycles. The van der Waals surface area contributed by atoms with Crippen molar-refractivity contribution in [2.24, 2.45) is 0 Å². The third-order valence-electron chi connectivity index (χ3n) is 3.55. The van der Waals surface area contributed by atoms with E-state index < -0.39 is 15.9 Å². The highest BCUT2D eigenvalue weighted by atomic mass is 32.2. The standard InChI is InChI=1S/C16H18N2O4S/c1-10-6-5-7-13(17-10)16(19)18-23(20,21)15-9-8-14(22-4)11(2)12(15)3/h5-9H,1-4H3,(H,18,19). The number of amides is 1. The molecule has 122 valence electrons. The third-order valence-corrected chi connectivity index (χ3v) is 5.02. The maximum Gasteiger partial charge on any atom is 0.283 e. The number of sulfonamides is 1. The quantitative estimate of drug-likeness (QED) is 0.926. The minimum absolute atomic E-state index is 0.0387. The zero-order valence-electron chi connectivity index (χ0n) is 13.4. The van der Waals surface area contributed by atoms with Crippen LogP contribution in [-0.4, -0.2) is 26.4 Å². The van der Waals surface area contributed by atoms with Gasteiger partial charge in [0, 0.05) is 5.69 Å². The average Bonchev–Trinajstić information content (AvgIpc) is 2.49. The van der Waals surface area contributed by atoms with Gasteiger partial charge in [0.15, 0.2) is 0 Å². The summed E-state index contributed by atoms with van der Waals surface area (Å²) in [6, 6.07) is 7.81. The highest BCUT2D eigenvalue weighted by Crippen LogP contribution is 2.26. The van der Waals surface area contributed by atoms with Gasteiger partial charge in [0.25, 0.3) is 15.9 Å². The Balaban J connectivity index is 2.36. The first kappa shape index (κ1) is 17.0. The summed E-state index contributed by atoms with van der Waals surface area (Å²) >= 11 is 0. The molecule has 1 aromatic heterocycles. The van der Waals surface area contributed by atoms with Crippen LogP contribution in [0.25, 0.3) is 0 Å². The number of nitrogens with zero attached hydrogens (tertiary/aromatic N) is 1. The summed E-state index contributed by atoms with van der Waals surface area (Å²) in [5, 5.41) is 0. The molecular formula is C16H18N2O4S. The Labute approximate surface area is 135 Å². The Morgan fingerprint density at radius 2 is 1.78 bits per heavy atom. The number of benzene rings is 1. The van der Waals surface area contributed by atoms with E-state index in [1.807, 2.05) is 0 Å². The van der Waals surface area contributed by atoms with Crippen molar-refractivity contribution in [1.82, 2.24) is 9.71 Å². The number of hydrogen-bond acceptors (Lipinski definition) is 5. The van der Waals surface area contributed by atoms with E-state index in [2.05, 4.69) is 9.71 Å². The second-order valence-electron chi connectivity index (χ2n) is 5.11. The molecule has 1 heterocycles. The van der Waals surface area contributed by atoms with Gasteiger partial charge in [-0.3, -0.25) is 4.79 Å². The lowest BCUT2D eigenvalue weighted by atomic mass is 10.1. The Hall–Kier alpha value is -2.41. The van der Waals surface area contributed by atoms with E-state index in [0.29, 0.717) is 22.6 Å². The van der Waals surface area contributed by atoms with Crippen LogP contribution in [0.4, 0.5) is 0 Å². The summed E-state index contributed by atoms with van der Waals surface area (Å²) in [5.74, 6) is -0.172. The van der Waals surface area contributed by atoms with Crippen molar-refractivity contribution in [2.75, 3.05) is 7.11 Å². The summed E-state index contributed by atoms with van der Waals surface area (Å²) < 4.78 is 32.2. The molecule has 0 aliphatic heterocycles. The molecule has 0 aliphatic carbocycles. The van der Waals surface area contributed by atoms with Crippen LogP contribution in [0.2, 0.25) is 0 Å². The van der Waals surface area contributed by atoms with Gasteiger partial charge >= 0.3 is 0 Å². The summed E-state index contributed by atoms with van der Waals surface area (Å²) in [6.07, 6.45) is 0. The first-order chi connectivity index (χ1) is 10.8. The number of ether oxygens (including phenoxy) is 1. The lowest BCUT2D eigenvalue weighted by Gasteiger charge is -2.13. The van der Waals surface area contributed by atoms with Crippen LogP contribution in [0.3, 0.4) is 0 Å². The van der Waals surface area contributed by atoms with Gasteiger partial charge in [-0.1, -0.05) is 6.07 Å². The number of aromatic nitrogens is 1. The topological polar surface area (TPSA) is 85.4 Å². The highest BCUT2D eigenvalue weighted by Gasteiger charge is 2.23. The molecule has 1 N–H and O–H groups in total. The van der Waals surface area contributed by atoms with E-state index in [4.69, 9.17) is 4.74 Å². The number of carbonyl (C=O) groups excluding carboxylic acids is 1. The van der Waals surface area contributed by atoms with Crippen molar-refractivity contribution >= 4 is 15.9 Å². The maximum absolute atomic E-state index is 12.5. The fourth-order valence-corrected chi connectivity index (χ4v) is 3.44.